The summed E-state index contributed by atoms with van der Waals surface area (Å²) < 4.78 is 10.2. The topological polar surface area (TPSA) is 80.2 Å². The summed E-state index contributed by atoms with van der Waals surface area (Å²) >= 11 is 5.75. The van der Waals surface area contributed by atoms with E-state index in [1.165, 1.54) is 19.4 Å². The molecule has 0 fully saturated rings. The van der Waals surface area contributed by atoms with E-state index in [2.05, 4.69) is 10.5 Å². The number of nitrogens with zero attached hydrogens (tertiary/aromatic N) is 1. The fraction of sp³-hybridized carbons (Fsp3) is 0.125. The first-order valence-electron chi connectivity index (χ1n) is 6.66. The largest absolute Gasteiger partial charge is 0.504 e. The molecule has 0 aliphatic heterocycles. The molecule has 0 spiro atoms. The first-order valence-corrected chi connectivity index (χ1v) is 7.03. The average molecular weight is 335 g/mol. The van der Waals surface area contributed by atoms with E-state index in [0.717, 1.165) is 0 Å². The lowest BCUT2D eigenvalue weighted by Crippen LogP contribution is -2.24. The van der Waals surface area contributed by atoms with Crippen LogP contribution in [-0.4, -0.2) is 30.9 Å². The molecule has 120 valence electrons. The molecule has 2 aromatic carbocycles. The number of hydrazone groups is 1. The molecule has 2 N–H and O–H groups in total. The number of rotatable bonds is 6. The second-order valence-electron chi connectivity index (χ2n) is 4.47. The van der Waals surface area contributed by atoms with Gasteiger partial charge >= 0.3 is 0 Å². The second kappa shape index (κ2) is 8.05. The number of phenols is 1. The summed E-state index contributed by atoms with van der Waals surface area (Å²) in [5.41, 5.74) is 2.94. The number of benzene rings is 2. The van der Waals surface area contributed by atoms with Gasteiger partial charge in [-0.1, -0.05) is 11.6 Å². The summed E-state index contributed by atoms with van der Waals surface area (Å²) in [6, 6.07) is 11.4. The van der Waals surface area contributed by atoms with Crippen LogP contribution in [0.25, 0.3) is 0 Å². The van der Waals surface area contributed by atoms with Gasteiger partial charge in [0.15, 0.2) is 18.1 Å². The molecule has 1 amide bonds. The Balaban J connectivity index is 1.81. The fourth-order valence-corrected chi connectivity index (χ4v) is 1.80. The molecule has 0 aliphatic carbocycles. The standard InChI is InChI=1S/C16H15ClN2O4/c1-22-15-7-2-11(8-14(15)20)9-18-19-16(21)10-23-13-5-3-12(17)4-6-13/h2-9,20H,10H2,1H3,(H,19,21)/b18-9+. The summed E-state index contributed by atoms with van der Waals surface area (Å²) in [5.74, 6) is 0.485. The Morgan fingerprint density at radius 2 is 2.04 bits per heavy atom. The van der Waals surface area contributed by atoms with E-state index in [4.69, 9.17) is 21.1 Å². The lowest BCUT2D eigenvalue weighted by atomic mass is 10.2. The highest BCUT2D eigenvalue weighted by atomic mass is 35.5. The monoisotopic (exact) mass is 334 g/mol. The number of hydrogen-bond donors (Lipinski definition) is 2. The van der Waals surface area contributed by atoms with Gasteiger partial charge < -0.3 is 14.6 Å². The van der Waals surface area contributed by atoms with Crippen LogP contribution in [0, 0.1) is 0 Å². The molecular formula is C16H15ClN2O4. The Kier molecular flexibility index (Phi) is 5.82. The summed E-state index contributed by atoms with van der Waals surface area (Å²) in [5, 5.41) is 14.0. The number of carbonyl (C=O) groups is 1. The molecule has 23 heavy (non-hydrogen) atoms. The number of nitrogens with one attached hydrogen (secondary N) is 1. The number of halogens is 1. The van der Waals surface area contributed by atoms with E-state index in [9.17, 15) is 9.90 Å². The molecule has 2 aromatic rings. The summed E-state index contributed by atoms with van der Waals surface area (Å²) in [4.78, 5) is 11.6. The van der Waals surface area contributed by atoms with Crippen molar-refractivity contribution in [3.05, 3.63) is 53.1 Å². The van der Waals surface area contributed by atoms with Crippen molar-refractivity contribution in [3.8, 4) is 17.2 Å². The van der Waals surface area contributed by atoms with Gasteiger partial charge in [-0.2, -0.15) is 5.10 Å². The van der Waals surface area contributed by atoms with Crippen molar-refractivity contribution in [2.24, 2.45) is 5.10 Å². The molecule has 0 atom stereocenters. The summed E-state index contributed by atoms with van der Waals surface area (Å²) in [6.45, 7) is -0.174. The number of carbonyl (C=O) groups excluding carboxylic acids is 1. The van der Waals surface area contributed by atoms with Gasteiger partial charge in [-0.05, 0) is 48.0 Å². The van der Waals surface area contributed by atoms with E-state index in [1.54, 1.807) is 36.4 Å². The first kappa shape index (κ1) is 16.6. The van der Waals surface area contributed by atoms with Gasteiger partial charge in [0.05, 0.1) is 13.3 Å². The number of aromatic hydroxyl groups is 1. The van der Waals surface area contributed by atoms with Gasteiger partial charge in [0.2, 0.25) is 0 Å². The second-order valence-corrected chi connectivity index (χ2v) is 4.90. The average Bonchev–Trinajstić information content (AvgIpc) is 2.54. The van der Waals surface area contributed by atoms with Crippen molar-refractivity contribution in [2.45, 2.75) is 0 Å². The number of amides is 1. The number of ether oxygens (including phenoxy) is 2. The lowest BCUT2D eigenvalue weighted by Gasteiger charge is -2.05. The molecule has 2 rings (SSSR count). The van der Waals surface area contributed by atoms with Crippen LogP contribution in [0.1, 0.15) is 5.56 Å². The van der Waals surface area contributed by atoms with Crippen LogP contribution in [0.2, 0.25) is 5.02 Å². The van der Waals surface area contributed by atoms with E-state index >= 15 is 0 Å². The van der Waals surface area contributed by atoms with Crippen LogP contribution < -0.4 is 14.9 Å². The third kappa shape index (κ3) is 5.19. The smallest absolute Gasteiger partial charge is 0.277 e. The minimum atomic E-state index is -0.408. The minimum Gasteiger partial charge on any atom is -0.504 e. The van der Waals surface area contributed by atoms with Gasteiger partial charge in [-0.3, -0.25) is 4.79 Å². The number of methoxy groups -OCH3 is 1. The lowest BCUT2D eigenvalue weighted by molar-refractivity contribution is -0.123. The highest BCUT2D eigenvalue weighted by molar-refractivity contribution is 6.30. The minimum absolute atomic E-state index is 0.00570. The number of hydrogen-bond acceptors (Lipinski definition) is 5. The van der Waals surface area contributed by atoms with Crippen molar-refractivity contribution < 1.29 is 19.4 Å². The Hall–Kier alpha value is -2.73. The van der Waals surface area contributed by atoms with E-state index in [0.29, 0.717) is 22.1 Å². The summed E-state index contributed by atoms with van der Waals surface area (Å²) in [6.07, 6.45) is 1.40. The van der Waals surface area contributed by atoms with Gasteiger partial charge in [0.1, 0.15) is 5.75 Å². The van der Waals surface area contributed by atoms with Crippen molar-refractivity contribution >= 4 is 23.7 Å². The molecule has 0 heterocycles. The van der Waals surface area contributed by atoms with Gasteiger partial charge in [0, 0.05) is 5.02 Å². The van der Waals surface area contributed by atoms with Crippen LogP contribution >= 0.6 is 11.6 Å². The molecular weight excluding hydrogens is 320 g/mol. The van der Waals surface area contributed by atoms with E-state index in [-0.39, 0.29) is 12.4 Å². The van der Waals surface area contributed by atoms with Crippen molar-refractivity contribution in [2.75, 3.05) is 13.7 Å². The van der Waals surface area contributed by atoms with Crippen LogP contribution in [0.5, 0.6) is 17.2 Å². The molecule has 0 saturated heterocycles. The maximum absolute atomic E-state index is 11.6. The zero-order valence-corrected chi connectivity index (χ0v) is 13.1. The highest BCUT2D eigenvalue weighted by Gasteiger charge is 2.03. The molecule has 7 heteroatoms. The third-order valence-corrected chi connectivity index (χ3v) is 3.04. The molecule has 0 saturated carbocycles. The van der Waals surface area contributed by atoms with Crippen LogP contribution in [0.4, 0.5) is 0 Å². The zero-order chi connectivity index (χ0) is 16.7. The molecule has 0 unspecified atom stereocenters. The normalized spacial score (nSPS) is 10.5. The third-order valence-electron chi connectivity index (χ3n) is 2.79. The maximum Gasteiger partial charge on any atom is 0.277 e. The first-order chi connectivity index (χ1) is 11.1. The SMILES string of the molecule is COc1ccc(/C=N/NC(=O)COc2ccc(Cl)cc2)cc1O. The molecule has 0 aliphatic rings. The van der Waals surface area contributed by atoms with Gasteiger partial charge in [0.25, 0.3) is 5.91 Å². The Bertz CT molecular complexity index is 702. The maximum atomic E-state index is 11.6. The highest BCUT2D eigenvalue weighted by Crippen LogP contribution is 2.25. The Morgan fingerprint density at radius 1 is 1.30 bits per heavy atom. The van der Waals surface area contributed by atoms with Crippen LogP contribution in [0.15, 0.2) is 47.6 Å². The number of phenolic OH excluding ortho intramolecular Hbond substituents is 1. The van der Waals surface area contributed by atoms with E-state index < -0.39 is 5.91 Å². The molecule has 6 nitrogen and oxygen atoms in total. The van der Waals surface area contributed by atoms with Crippen LogP contribution in [0.3, 0.4) is 0 Å². The summed E-state index contributed by atoms with van der Waals surface area (Å²) in [7, 11) is 1.46. The van der Waals surface area contributed by atoms with Crippen molar-refractivity contribution in [1.29, 1.82) is 0 Å². The van der Waals surface area contributed by atoms with Crippen molar-refractivity contribution in [1.82, 2.24) is 5.43 Å². The predicted octanol–water partition coefficient (Wildman–Crippen LogP) is 2.58. The molecule has 0 aromatic heterocycles. The molecule has 0 bridgehead atoms. The quantitative estimate of drug-likeness (QED) is 0.628. The van der Waals surface area contributed by atoms with E-state index in [1.807, 2.05) is 0 Å². The van der Waals surface area contributed by atoms with Crippen molar-refractivity contribution in [3.63, 3.8) is 0 Å². The van der Waals surface area contributed by atoms with Gasteiger partial charge in [-0.15, -0.1) is 0 Å². The Labute approximate surface area is 138 Å². The predicted molar refractivity (Wildman–Crippen MR) is 87.3 cm³/mol. The molecule has 0 radical (unpaired) electrons. The Morgan fingerprint density at radius 3 is 2.70 bits per heavy atom. The zero-order valence-electron chi connectivity index (χ0n) is 12.3. The van der Waals surface area contributed by atoms with Gasteiger partial charge in [-0.25, -0.2) is 5.43 Å². The fourth-order valence-electron chi connectivity index (χ4n) is 1.68. The van der Waals surface area contributed by atoms with Crippen LogP contribution in [-0.2, 0) is 4.79 Å².